The highest BCUT2D eigenvalue weighted by Gasteiger charge is 2.34. The van der Waals surface area contributed by atoms with Crippen molar-refractivity contribution in [2.75, 3.05) is 4.90 Å². The van der Waals surface area contributed by atoms with Crippen LogP contribution in [0.5, 0.6) is 0 Å². The van der Waals surface area contributed by atoms with Crippen molar-refractivity contribution in [3.05, 3.63) is 150 Å². The van der Waals surface area contributed by atoms with Gasteiger partial charge in [-0.25, -0.2) is 0 Å². The van der Waals surface area contributed by atoms with Crippen LogP contribution in [0.15, 0.2) is 144 Å². The summed E-state index contributed by atoms with van der Waals surface area (Å²) in [5.74, 6) is 0. The van der Waals surface area contributed by atoms with Gasteiger partial charge in [-0.1, -0.05) is 115 Å². The van der Waals surface area contributed by atoms with Crippen LogP contribution in [0, 0.1) is 6.92 Å². The minimum Gasteiger partial charge on any atom is -0.360 e. The number of hydrogen-bond donors (Lipinski definition) is 1. The number of hydrogen-bond acceptors (Lipinski definition) is 2. The molecule has 2 heteroatoms. The van der Waals surface area contributed by atoms with E-state index in [0.717, 1.165) is 25.7 Å². The molecule has 5 aromatic rings. The molecule has 5 aromatic carbocycles. The van der Waals surface area contributed by atoms with E-state index in [2.05, 4.69) is 145 Å². The first-order chi connectivity index (χ1) is 20.8. The lowest BCUT2D eigenvalue weighted by Gasteiger charge is -2.31. The molecule has 0 spiro atoms. The van der Waals surface area contributed by atoms with Gasteiger partial charge in [0.05, 0.1) is 5.70 Å². The fraction of sp³-hybridized carbons (Fsp3) is 0.150. The number of fused-ring (bicyclic) bond motifs is 2. The summed E-state index contributed by atoms with van der Waals surface area (Å²) in [5, 5.41) is 9.03. The summed E-state index contributed by atoms with van der Waals surface area (Å²) >= 11 is 0. The summed E-state index contributed by atoms with van der Waals surface area (Å²) in [6.45, 7) is 2.20. The van der Waals surface area contributed by atoms with Gasteiger partial charge in [-0.3, -0.25) is 0 Å². The average molecular weight is 543 g/mol. The predicted octanol–water partition coefficient (Wildman–Crippen LogP) is 10.2. The SMILES string of the molecule is Cc1ccc2c(-c3ccccc3)c3ccccc3c(-c3ccc(N4C5=C(C=CCC5)NC4C4=CCCC=C4)cc3)c2c1. The van der Waals surface area contributed by atoms with Crippen LogP contribution < -0.4 is 10.2 Å². The number of rotatable bonds is 4. The maximum absolute atomic E-state index is 3.83. The standard InChI is InChI=1S/C40H34N2/c1-27-20-25-34-35(26-27)39(33-17-9-8-16-32(33)38(34)28-12-4-2-5-13-28)29-21-23-31(24-22-29)42-37-19-11-10-18-36(37)41-40(42)30-14-6-3-7-15-30/h2,4-6,8-10,12-18,20-26,40-41H,3,7,11,19H2,1H3. The van der Waals surface area contributed by atoms with Crippen molar-refractivity contribution in [2.24, 2.45) is 0 Å². The summed E-state index contributed by atoms with van der Waals surface area (Å²) in [4.78, 5) is 2.53. The Balaban J connectivity index is 1.30. The molecule has 0 saturated heterocycles. The smallest absolute Gasteiger partial charge is 0.129 e. The first-order valence-corrected chi connectivity index (χ1v) is 15.2. The zero-order valence-corrected chi connectivity index (χ0v) is 24.0. The first kappa shape index (κ1) is 24.9. The Bertz CT molecular complexity index is 1960. The van der Waals surface area contributed by atoms with Crippen LogP contribution >= 0.6 is 0 Å². The molecule has 3 aliphatic rings. The molecule has 8 rings (SSSR count). The van der Waals surface area contributed by atoms with E-state index in [1.165, 1.54) is 72.0 Å². The second kappa shape index (κ2) is 10.2. The van der Waals surface area contributed by atoms with Gasteiger partial charge in [-0.2, -0.15) is 0 Å². The highest BCUT2D eigenvalue weighted by atomic mass is 15.3. The second-order valence-corrected chi connectivity index (χ2v) is 11.7. The number of nitrogens with zero attached hydrogens (tertiary/aromatic N) is 1. The number of benzene rings is 5. The van der Waals surface area contributed by atoms with E-state index < -0.39 is 0 Å². The maximum atomic E-state index is 3.83. The summed E-state index contributed by atoms with van der Waals surface area (Å²) < 4.78 is 0. The summed E-state index contributed by atoms with van der Waals surface area (Å²) in [7, 11) is 0. The van der Waals surface area contributed by atoms with Crippen LogP contribution in [-0.2, 0) is 0 Å². The molecule has 0 amide bonds. The lowest BCUT2D eigenvalue weighted by molar-refractivity contribution is 0.692. The van der Waals surface area contributed by atoms with Crippen molar-refractivity contribution in [2.45, 2.75) is 38.8 Å². The molecule has 0 fully saturated rings. The van der Waals surface area contributed by atoms with Gasteiger partial charge >= 0.3 is 0 Å². The molecule has 1 atom stereocenters. The summed E-state index contributed by atoms with van der Waals surface area (Å²) in [6.07, 6.45) is 16.1. The van der Waals surface area contributed by atoms with Crippen molar-refractivity contribution in [1.29, 1.82) is 0 Å². The van der Waals surface area contributed by atoms with Crippen molar-refractivity contribution in [3.8, 4) is 22.3 Å². The second-order valence-electron chi connectivity index (χ2n) is 11.7. The molecule has 1 aliphatic heterocycles. The van der Waals surface area contributed by atoms with Gasteiger partial charge in [-0.05, 0) is 100 Å². The van der Waals surface area contributed by atoms with Gasteiger partial charge < -0.3 is 10.2 Å². The van der Waals surface area contributed by atoms with Crippen LogP contribution in [0.3, 0.4) is 0 Å². The zero-order chi connectivity index (χ0) is 28.0. The first-order valence-electron chi connectivity index (χ1n) is 15.2. The molecule has 204 valence electrons. The summed E-state index contributed by atoms with van der Waals surface area (Å²) in [6, 6.07) is 36.0. The van der Waals surface area contributed by atoms with Gasteiger partial charge in [0.15, 0.2) is 0 Å². The van der Waals surface area contributed by atoms with Crippen LogP contribution in [0.2, 0.25) is 0 Å². The van der Waals surface area contributed by atoms with Crippen LogP contribution in [0.4, 0.5) is 5.69 Å². The lowest BCUT2D eigenvalue weighted by atomic mass is 9.85. The lowest BCUT2D eigenvalue weighted by Crippen LogP contribution is -2.39. The largest absolute Gasteiger partial charge is 0.360 e. The molecule has 0 bridgehead atoms. The monoisotopic (exact) mass is 542 g/mol. The van der Waals surface area contributed by atoms with E-state index in [0.29, 0.717) is 0 Å². The van der Waals surface area contributed by atoms with Crippen molar-refractivity contribution in [3.63, 3.8) is 0 Å². The molecule has 2 nitrogen and oxygen atoms in total. The van der Waals surface area contributed by atoms with Crippen molar-refractivity contribution < 1.29 is 0 Å². The molecule has 0 radical (unpaired) electrons. The Kier molecular flexibility index (Phi) is 6.07. The van der Waals surface area contributed by atoms with E-state index in [9.17, 15) is 0 Å². The molecular formula is C40H34N2. The fourth-order valence-corrected chi connectivity index (χ4v) is 7.08. The maximum Gasteiger partial charge on any atom is 0.129 e. The predicted molar refractivity (Wildman–Crippen MR) is 178 cm³/mol. The van der Waals surface area contributed by atoms with Gasteiger partial charge in [0.2, 0.25) is 0 Å². The zero-order valence-electron chi connectivity index (χ0n) is 24.0. The third kappa shape index (κ3) is 4.10. The highest BCUT2D eigenvalue weighted by Crippen LogP contribution is 2.45. The molecule has 42 heavy (non-hydrogen) atoms. The van der Waals surface area contributed by atoms with E-state index in [1.54, 1.807) is 0 Å². The van der Waals surface area contributed by atoms with E-state index in [4.69, 9.17) is 0 Å². The summed E-state index contributed by atoms with van der Waals surface area (Å²) in [5.41, 5.74) is 11.7. The minimum atomic E-state index is 0.134. The average Bonchev–Trinajstić information content (AvgIpc) is 3.44. The Morgan fingerprint density at radius 1 is 0.643 bits per heavy atom. The third-order valence-corrected chi connectivity index (χ3v) is 9.00. The van der Waals surface area contributed by atoms with E-state index in [-0.39, 0.29) is 6.17 Å². The number of nitrogens with one attached hydrogen (secondary N) is 1. The van der Waals surface area contributed by atoms with E-state index >= 15 is 0 Å². The number of anilines is 1. The van der Waals surface area contributed by atoms with Gasteiger partial charge in [-0.15, -0.1) is 0 Å². The molecule has 1 unspecified atom stereocenters. The molecule has 1 heterocycles. The van der Waals surface area contributed by atoms with Gasteiger partial charge in [0.25, 0.3) is 0 Å². The van der Waals surface area contributed by atoms with Gasteiger partial charge in [0.1, 0.15) is 6.17 Å². The number of allylic oxidation sites excluding steroid dienone is 5. The third-order valence-electron chi connectivity index (χ3n) is 9.00. The minimum absolute atomic E-state index is 0.134. The Morgan fingerprint density at radius 2 is 1.33 bits per heavy atom. The number of aryl methyl sites for hydroxylation is 1. The quantitative estimate of drug-likeness (QED) is 0.227. The van der Waals surface area contributed by atoms with E-state index in [1.807, 2.05) is 0 Å². The van der Waals surface area contributed by atoms with Crippen molar-refractivity contribution in [1.82, 2.24) is 5.32 Å². The van der Waals surface area contributed by atoms with Crippen LogP contribution in [0.1, 0.15) is 31.2 Å². The molecular weight excluding hydrogens is 508 g/mol. The Hall–Kier alpha value is -4.82. The molecule has 0 aromatic heterocycles. The topological polar surface area (TPSA) is 15.3 Å². The van der Waals surface area contributed by atoms with Crippen LogP contribution in [0.25, 0.3) is 43.8 Å². The van der Waals surface area contributed by atoms with Crippen molar-refractivity contribution >= 4 is 27.2 Å². The molecule has 1 N–H and O–H groups in total. The highest BCUT2D eigenvalue weighted by molar-refractivity contribution is 6.21. The van der Waals surface area contributed by atoms with Crippen LogP contribution in [-0.4, -0.2) is 6.17 Å². The fourth-order valence-electron chi connectivity index (χ4n) is 7.08. The Morgan fingerprint density at radius 3 is 2.10 bits per heavy atom. The van der Waals surface area contributed by atoms with Gasteiger partial charge in [0, 0.05) is 11.4 Å². The molecule has 0 saturated carbocycles. The Labute approximate surface area is 248 Å². The normalized spacial score (nSPS) is 18.0. The molecule has 2 aliphatic carbocycles.